The molecule has 2 aromatic heterocycles. The minimum Gasteiger partial charge on any atom is -0.490 e. The van der Waals surface area contributed by atoms with Gasteiger partial charge in [0, 0.05) is 25.9 Å². The van der Waals surface area contributed by atoms with Crippen LogP contribution in [0.25, 0.3) is 5.69 Å². The van der Waals surface area contributed by atoms with Gasteiger partial charge in [-0.15, -0.1) is 5.10 Å². The lowest BCUT2D eigenvalue weighted by Gasteiger charge is -2.32. The SMILES string of the molecule is FC(F)(F)c1ccccc1OC1CCN(c2ncc(-n3ccnn3)cn2)CC1. The smallest absolute Gasteiger partial charge is 0.419 e. The number of rotatable bonds is 4. The van der Waals surface area contributed by atoms with E-state index >= 15 is 0 Å². The van der Waals surface area contributed by atoms with Gasteiger partial charge in [0.2, 0.25) is 5.95 Å². The normalized spacial score (nSPS) is 15.6. The van der Waals surface area contributed by atoms with E-state index in [9.17, 15) is 13.2 Å². The largest absolute Gasteiger partial charge is 0.490 e. The lowest BCUT2D eigenvalue weighted by Crippen LogP contribution is -2.39. The quantitative estimate of drug-likeness (QED) is 0.682. The van der Waals surface area contributed by atoms with Gasteiger partial charge in [0.25, 0.3) is 0 Å². The molecular formula is C18H17F3N6O. The summed E-state index contributed by atoms with van der Waals surface area (Å²) < 4.78 is 46.5. The van der Waals surface area contributed by atoms with Gasteiger partial charge in [0.05, 0.1) is 30.4 Å². The number of ether oxygens (including phenoxy) is 1. The zero-order chi connectivity index (χ0) is 19.6. The maximum atomic E-state index is 13.1. The summed E-state index contributed by atoms with van der Waals surface area (Å²) in [7, 11) is 0. The van der Waals surface area contributed by atoms with Crippen LogP contribution < -0.4 is 9.64 Å². The minimum atomic E-state index is -4.43. The summed E-state index contributed by atoms with van der Waals surface area (Å²) in [6, 6.07) is 5.30. The molecule has 0 atom stereocenters. The van der Waals surface area contributed by atoms with Crippen LogP contribution in [0.1, 0.15) is 18.4 Å². The Hall–Kier alpha value is -3.17. The number of aromatic nitrogens is 5. The van der Waals surface area contributed by atoms with Crippen molar-refractivity contribution < 1.29 is 17.9 Å². The number of anilines is 1. The highest BCUT2D eigenvalue weighted by atomic mass is 19.4. The molecule has 0 saturated carbocycles. The molecule has 0 aliphatic carbocycles. The predicted molar refractivity (Wildman–Crippen MR) is 94.3 cm³/mol. The van der Waals surface area contributed by atoms with Gasteiger partial charge in [0.1, 0.15) is 17.5 Å². The van der Waals surface area contributed by atoms with Crippen molar-refractivity contribution in [1.29, 1.82) is 0 Å². The Morgan fingerprint density at radius 3 is 2.39 bits per heavy atom. The first-order valence-corrected chi connectivity index (χ1v) is 8.77. The van der Waals surface area contributed by atoms with Crippen LogP contribution in [0, 0.1) is 0 Å². The molecule has 1 aromatic carbocycles. The Morgan fingerprint density at radius 2 is 1.75 bits per heavy atom. The van der Waals surface area contributed by atoms with Crippen LogP contribution in [0.4, 0.5) is 19.1 Å². The van der Waals surface area contributed by atoms with E-state index in [1.165, 1.54) is 12.1 Å². The van der Waals surface area contributed by atoms with E-state index < -0.39 is 11.7 Å². The lowest BCUT2D eigenvalue weighted by atomic mass is 10.1. The van der Waals surface area contributed by atoms with Crippen molar-refractivity contribution in [3.63, 3.8) is 0 Å². The molecule has 0 N–H and O–H groups in total. The van der Waals surface area contributed by atoms with Crippen molar-refractivity contribution >= 4 is 5.95 Å². The van der Waals surface area contributed by atoms with E-state index in [0.717, 1.165) is 6.07 Å². The van der Waals surface area contributed by atoms with Crippen molar-refractivity contribution in [3.05, 3.63) is 54.6 Å². The molecular weight excluding hydrogens is 373 g/mol. The van der Waals surface area contributed by atoms with Crippen LogP contribution in [0.2, 0.25) is 0 Å². The Bertz CT molecular complexity index is 906. The molecule has 7 nitrogen and oxygen atoms in total. The molecule has 0 radical (unpaired) electrons. The van der Waals surface area contributed by atoms with E-state index in [0.29, 0.717) is 37.6 Å². The molecule has 0 spiro atoms. The maximum absolute atomic E-state index is 13.1. The average molecular weight is 390 g/mol. The van der Waals surface area contributed by atoms with Gasteiger partial charge < -0.3 is 9.64 Å². The van der Waals surface area contributed by atoms with Gasteiger partial charge in [-0.3, -0.25) is 0 Å². The Balaban J connectivity index is 1.38. The third kappa shape index (κ3) is 3.90. The maximum Gasteiger partial charge on any atom is 0.419 e. The fourth-order valence-corrected chi connectivity index (χ4v) is 3.10. The van der Waals surface area contributed by atoms with Gasteiger partial charge >= 0.3 is 6.18 Å². The predicted octanol–water partition coefficient (Wildman–Crippen LogP) is 3.12. The van der Waals surface area contributed by atoms with Crippen LogP contribution in [-0.4, -0.2) is 44.2 Å². The van der Waals surface area contributed by atoms with Crippen molar-refractivity contribution in [3.8, 4) is 11.4 Å². The highest BCUT2D eigenvalue weighted by molar-refractivity contribution is 5.37. The number of piperidine rings is 1. The van der Waals surface area contributed by atoms with Crippen LogP contribution in [0.15, 0.2) is 49.1 Å². The van der Waals surface area contributed by atoms with Gasteiger partial charge in [-0.1, -0.05) is 17.3 Å². The summed E-state index contributed by atoms with van der Waals surface area (Å²) in [6.07, 6.45) is 3.01. The van der Waals surface area contributed by atoms with E-state index in [2.05, 4.69) is 20.3 Å². The standard InChI is InChI=1S/C18H17F3N6O/c19-18(20,21)15-3-1-2-4-16(15)28-14-5-8-26(9-6-14)17-22-11-13(12-23-17)27-10-7-24-25-27/h1-4,7,10-12,14H,5-6,8-9H2. The van der Waals surface area contributed by atoms with Gasteiger partial charge in [-0.2, -0.15) is 13.2 Å². The molecule has 1 aliphatic rings. The fourth-order valence-electron chi connectivity index (χ4n) is 3.10. The Labute approximate surface area is 158 Å². The highest BCUT2D eigenvalue weighted by Gasteiger charge is 2.35. The van der Waals surface area contributed by atoms with Crippen LogP contribution in [0.5, 0.6) is 5.75 Å². The summed E-state index contributed by atoms with van der Waals surface area (Å²) in [5.74, 6) is 0.444. The molecule has 3 aromatic rings. The minimum absolute atomic E-state index is 0.123. The molecule has 0 unspecified atom stereocenters. The molecule has 1 fully saturated rings. The number of hydrogen-bond acceptors (Lipinski definition) is 6. The van der Waals surface area contributed by atoms with Crippen LogP contribution in [0.3, 0.4) is 0 Å². The molecule has 3 heterocycles. The number of alkyl halides is 3. The molecule has 28 heavy (non-hydrogen) atoms. The molecule has 1 saturated heterocycles. The first-order valence-electron chi connectivity index (χ1n) is 8.77. The first-order chi connectivity index (χ1) is 13.5. The second-order valence-corrected chi connectivity index (χ2v) is 6.39. The summed E-state index contributed by atoms with van der Waals surface area (Å²) in [6.45, 7) is 1.20. The summed E-state index contributed by atoms with van der Waals surface area (Å²) in [4.78, 5) is 10.7. The molecule has 4 rings (SSSR count). The lowest BCUT2D eigenvalue weighted by molar-refractivity contribution is -0.139. The monoisotopic (exact) mass is 390 g/mol. The Kier molecular flexibility index (Phi) is 4.84. The summed E-state index contributed by atoms with van der Waals surface area (Å²) in [5, 5.41) is 7.62. The Morgan fingerprint density at radius 1 is 1.04 bits per heavy atom. The second-order valence-electron chi connectivity index (χ2n) is 6.39. The molecule has 0 amide bonds. The van der Waals surface area contributed by atoms with Crippen LogP contribution in [-0.2, 0) is 6.18 Å². The summed E-state index contributed by atoms with van der Waals surface area (Å²) in [5.41, 5.74) is -0.0484. The summed E-state index contributed by atoms with van der Waals surface area (Å²) >= 11 is 0. The van der Waals surface area contributed by atoms with Gasteiger partial charge in [-0.25, -0.2) is 14.6 Å². The van der Waals surface area contributed by atoms with E-state index in [1.807, 2.05) is 4.90 Å². The van der Waals surface area contributed by atoms with Crippen molar-refractivity contribution in [2.24, 2.45) is 0 Å². The van der Waals surface area contributed by atoms with E-state index in [-0.39, 0.29) is 11.9 Å². The van der Waals surface area contributed by atoms with E-state index in [1.54, 1.807) is 35.5 Å². The van der Waals surface area contributed by atoms with Crippen molar-refractivity contribution in [2.75, 3.05) is 18.0 Å². The zero-order valence-electron chi connectivity index (χ0n) is 14.8. The third-order valence-corrected chi connectivity index (χ3v) is 4.52. The van der Waals surface area contributed by atoms with Crippen LogP contribution >= 0.6 is 0 Å². The second kappa shape index (κ2) is 7.45. The zero-order valence-corrected chi connectivity index (χ0v) is 14.8. The van der Waals surface area contributed by atoms with Gasteiger partial charge in [-0.05, 0) is 12.1 Å². The molecule has 10 heteroatoms. The number of benzene rings is 1. The average Bonchev–Trinajstić information content (AvgIpc) is 3.23. The van der Waals surface area contributed by atoms with Crippen molar-refractivity contribution in [2.45, 2.75) is 25.1 Å². The fraction of sp³-hybridized carbons (Fsp3) is 0.333. The first kappa shape index (κ1) is 18.2. The van der Waals surface area contributed by atoms with E-state index in [4.69, 9.17) is 4.74 Å². The topological polar surface area (TPSA) is 69.0 Å². The van der Waals surface area contributed by atoms with Crippen molar-refractivity contribution in [1.82, 2.24) is 25.0 Å². The number of halogens is 3. The molecule has 146 valence electrons. The number of nitrogens with zero attached hydrogens (tertiary/aromatic N) is 6. The van der Waals surface area contributed by atoms with Gasteiger partial charge in [0.15, 0.2) is 0 Å². The third-order valence-electron chi connectivity index (χ3n) is 4.52. The number of para-hydroxylation sites is 1. The highest BCUT2D eigenvalue weighted by Crippen LogP contribution is 2.37. The number of hydrogen-bond donors (Lipinski definition) is 0. The molecule has 0 bridgehead atoms. The molecule has 1 aliphatic heterocycles.